The summed E-state index contributed by atoms with van der Waals surface area (Å²) >= 11 is 0. The van der Waals surface area contributed by atoms with E-state index in [0.29, 0.717) is 36.4 Å². The standard InChI is InChI=1S/C25H29N3O6S/c1-2-34-25(31)19-7-6-8-20(15-19)26-23(29)17-28-22-11-10-21(16-18(22)9-12-24(28)30)35(32,33)27-13-4-3-5-14-27/h6-8,10-11,15-16H,2-5,9,12-14,17H2,1H3,(H,26,29). The minimum atomic E-state index is -3.59. The third kappa shape index (κ3) is 5.54. The quantitative estimate of drug-likeness (QED) is 0.586. The fourth-order valence-electron chi connectivity index (χ4n) is 4.41. The predicted molar refractivity (Wildman–Crippen MR) is 131 cm³/mol. The molecule has 1 N–H and O–H groups in total. The van der Waals surface area contributed by atoms with Crippen molar-refractivity contribution in [3.8, 4) is 0 Å². The van der Waals surface area contributed by atoms with Gasteiger partial charge in [0.1, 0.15) is 6.54 Å². The number of ether oxygens (including phenoxy) is 1. The number of sulfonamides is 1. The molecule has 2 amide bonds. The Kier molecular flexibility index (Phi) is 7.51. The molecule has 0 atom stereocenters. The first kappa shape index (κ1) is 24.9. The van der Waals surface area contributed by atoms with Crippen LogP contribution in [0.5, 0.6) is 0 Å². The van der Waals surface area contributed by atoms with Gasteiger partial charge in [-0.1, -0.05) is 12.5 Å². The summed E-state index contributed by atoms with van der Waals surface area (Å²) in [5.74, 6) is -1.13. The highest BCUT2D eigenvalue weighted by Crippen LogP contribution is 2.31. The third-order valence-electron chi connectivity index (χ3n) is 6.16. The maximum absolute atomic E-state index is 13.1. The Morgan fingerprint density at radius 3 is 2.54 bits per heavy atom. The van der Waals surface area contributed by atoms with E-state index in [4.69, 9.17) is 4.74 Å². The van der Waals surface area contributed by atoms with Gasteiger partial charge >= 0.3 is 5.97 Å². The van der Waals surface area contributed by atoms with Crippen molar-refractivity contribution < 1.29 is 27.5 Å². The van der Waals surface area contributed by atoms with Crippen LogP contribution in [0.15, 0.2) is 47.4 Å². The number of hydrogen-bond acceptors (Lipinski definition) is 6. The molecule has 4 rings (SSSR count). The lowest BCUT2D eigenvalue weighted by Gasteiger charge is -2.30. The van der Waals surface area contributed by atoms with E-state index >= 15 is 0 Å². The molecule has 0 radical (unpaired) electrons. The van der Waals surface area contributed by atoms with Gasteiger partial charge in [-0.3, -0.25) is 9.59 Å². The van der Waals surface area contributed by atoms with Crippen molar-refractivity contribution in [1.29, 1.82) is 0 Å². The minimum absolute atomic E-state index is 0.186. The summed E-state index contributed by atoms with van der Waals surface area (Å²) in [4.78, 5) is 38.9. The van der Waals surface area contributed by atoms with Gasteiger partial charge in [-0.15, -0.1) is 0 Å². The second-order valence-electron chi connectivity index (χ2n) is 8.58. The first-order chi connectivity index (χ1) is 16.8. The average Bonchev–Trinajstić information content (AvgIpc) is 2.86. The molecule has 2 aromatic carbocycles. The highest BCUT2D eigenvalue weighted by Gasteiger charge is 2.30. The molecule has 1 fully saturated rings. The third-order valence-corrected chi connectivity index (χ3v) is 8.06. The number of carbonyl (C=O) groups excluding carboxylic acids is 3. The zero-order chi connectivity index (χ0) is 25.0. The maximum Gasteiger partial charge on any atom is 0.338 e. The van der Waals surface area contributed by atoms with Crippen LogP contribution in [0.3, 0.4) is 0 Å². The van der Waals surface area contributed by atoms with E-state index in [2.05, 4.69) is 5.32 Å². The Bertz CT molecular complexity index is 1240. The van der Waals surface area contributed by atoms with E-state index in [1.165, 1.54) is 21.3 Å². The van der Waals surface area contributed by atoms with Crippen molar-refractivity contribution in [3.05, 3.63) is 53.6 Å². The number of nitrogens with zero attached hydrogens (tertiary/aromatic N) is 2. The average molecular weight is 500 g/mol. The number of benzene rings is 2. The van der Waals surface area contributed by atoms with Crippen LogP contribution in [0, 0.1) is 0 Å². The van der Waals surface area contributed by atoms with E-state index in [1.54, 1.807) is 37.3 Å². The summed E-state index contributed by atoms with van der Waals surface area (Å²) in [6.45, 7) is 2.76. The molecule has 9 nitrogen and oxygen atoms in total. The van der Waals surface area contributed by atoms with Crippen molar-refractivity contribution in [2.24, 2.45) is 0 Å². The molecule has 0 bridgehead atoms. The Morgan fingerprint density at radius 2 is 1.80 bits per heavy atom. The molecule has 2 aromatic rings. The smallest absolute Gasteiger partial charge is 0.338 e. The van der Waals surface area contributed by atoms with Gasteiger partial charge in [0.15, 0.2) is 0 Å². The highest BCUT2D eigenvalue weighted by atomic mass is 32.2. The molecule has 10 heteroatoms. The number of anilines is 2. The number of fused-ring (bicyclic) bond motifs is 1. The summed E-state index contributed by atoms with van der Waals surface area (Å²) in [5, 5.41) is 2.71. The summed E-state index contributed by atoms with van der Waals surface area (Å²) < 4.78 is 32.6. The van der Waals surface area contributed by atoms with E-state index in [9.17, 15) is 22.8 Å². The zero-order valence-corrected chi connectivity index (χ0v) is 20.5. The van der Waals surface area contributed by atoms with Gasteiger partial charge in [-0.25, -0.2) is 13.2 Å². The first-order valence-electron chi connectivity index (χ1n) is 11.8. The van der Waals surface area contributed by atoms with Crippen molar-refractivity contribution in [1.82, 2.24) is 4.31 Å². The largest absolute Gasteiger partial charge is 0.462 e. The van der Waals surface area contributed by atoms with Crippen LogP contribution in [0.25, 0.3) is 0 Å². The number of rotatable bonds is 7. The lowest BCUT2D eigenvalue weighted by molar-refractivity contribution is -0.121. The van der Waals surface area contributed by atoms with Gasteiger partial charge in [0.05, 0.1) is 17.1 Å². The van der Waals surface area contributed by atoms with Gasteiger partial charge in [0.25, 0.3) is 0 Å². The normalized spacial score (nSPS) is 16.5. The molecular weight excluding hydrogens is 470 g/mol. The summed E-state index contributed by atoms with van der Waals surface area (Å²) in [5.41, 5.74) is 1.98. The Morgan fingerprint density at radius 1 is 1.03 bits per heavy atom. The van der Waals surface area contributed by atoms with E-state index in [0.717, 1.165) is 24.8 Å². The number of carbonyl (C=O) groups is 3. The number of piperidine rings is 1. The molecule has 0 aliphatic carbocycles. The van der Waals surface area contributed by atoms with Crippen LogP contribution in [0.2, 0.25) is 0 Å². The molecule has 1 saturated heterocycles. The lowest BCUT2D eigenvalue weighted by Crippen LogP contribution is -2.41. The maximum atomic E-state index is 13.1. The second kappa shape index (κ2) is 10.6. The second-order valence-corrected chi connectivity index (χ2v) is 10.5. The van der Waals surface area contributed by atoms with Crippen LogP contribution < -0.4 is 10.2 Å². The lowest BCUT2D eigenvalue weighted by atomic mass is 10.0. The van der Waals surface area contributed by atoms with Crippen LogP contribution in [-0.4, -0.2) is 56.7 Å². The summed E-state index contributed by atoms with van der Waals surface area (Å²) in [6.07, 6.45) is 3.33. The molecule has 2 aliphatic heterocycles. The van der Waals surface area contributed by atoms with E-state index in [-0.39, 0.29) is 30.4 Å². The number of hydrogen-bond donors (Lipinski definition) is 1. The van der Waals surface area contributed by atoms with Gasteiger partial charge in [0, 0.05) is 30.9 Å². The van der Waals surface area contributed by atoms with Crippen molar-refractivity contribution >= 4 is 39.2 Å². The SMILES string of the molecule is CCOC(=O)c1cccc(NC(=O)CN2C(=O)CCc3cc(S(=O)(=O)N4CCCCC4)ccc32)c1. The Balaban J connectivity index is 1.50. The molecular formula is C25H29N3O6S. The van der Waals surface area contributed by atoms with Crippen molar-refractivity contribution in [2.45, 2.75) is 43.9 Å². The van der Waals surface area contributed by atoms with Gasteiger partial charge in [0.2, 0.25) is 21.8 Å². The van der Waals surface area contributed by atoms with Crippen LogP contribution in [0.1, 0.15) is 48.5 Å². The van der Waals surface area contributed by atoms with Crippen molar-refractivity contribution in [3.63, 3.8) is 0 Å². The zero-order valence-electron chi connectivity index (χ0n) is 19.7. The summed E-state index contributed by atoms with van der Waals surface area (Å²) in [6, 6.07) is 11.1. The fraction of sp³-hybridized carbons (Fsp3) is 0.400. The van der Waals surface area contributed by atoms with Crippen LogP contribution in [0.4, 0.5) is 11.4 Å². The number of amides is 2. The first-order valence-corrected chi connectivity index (χ1v) is 13.2. The van der Waals surface area contributed by atoms with E-state index in [1.807, 2.05) is 0 Å². The topological polar surface area (TPSA) is 113 Å². The molecule has 0 unspecified atom stereocenters. The number of esters is 1. The van der Waals surface area contributed by atoms with Crippen LogP contribution >= 0.6 is 0 Å². The molecule has 2 heterocycles. The molecule has 35 heavy (non-hydrogen) atoms. The molecule has 186 valence electrons. The number of nitrogens with one attached hydrogen (secondary N) is 1. The van der Waals surface area contributed by atoms with Gasteiger partial charge in [-0.05, 0) is 68.1 Å². The summed E-state index contributed by atoms with van der Waals surface area (Å²) in [7, 11) is -3.59. The van der Waals surface area contributed by atoms with Gasteiger partial charge < -0.3 is 15.0 Å². The predicted octanol–water partition coefficient (Wildman–Crippen LogP) is 2.96. The van der Waals surface area contributed by atoms with Crippen molar-refractivity contribution in [2.75, 3.05) is 36.5 Å². The molecule has 0 saturated carbocycles. The number of aryl methyl sites for hydroxylation is 1. The Hall–Kier alpha value is -3.24. The Labute approximate surface area is 205 Å². The monoisotopic (exact) mass is 499 g/mol. The molecule has 0 aromatic heterocycles. The highest BCUT2D eigenvalue weighted by molar-refractivity contribution is 7.89. The molecule has 0 spiro atoms. The fourth-order valence-corrected chi connectivity index (χ4v) is 5.98. The van der Waals surface area contributed by atoms with E-state index < -0.39 is 21.9 Å². The molecule has 2 aliphatic rings. The van der Waals surface area contributed by atoms with Crippen LogP contribution in [-0.2, 0) is 30.8 Å². The minimum Gasteiger partial charge on any atom is -0.462 e. The van der Waals surface area contributed by atoms with Gasteiger partial charge in [-0.2, -0.15) is 4.31 Å².